The molecule has 0 bridgehead atoms. The number of carbonyl (C=O) groups is 2. The highest BCUT2D eigenvalue weighted by Gasteiger charge is 2.31. The average Bonchev–Trinajstić information content (AvgIpc) is 3.27. The molecule has 0 radical (unpaired) electrons. The Hall–Kier alpha value is -3.54. The third-order valence-corrected chi connectivity index (χ3v) is 6.67. The molecule has 3 aromatic rings. The summed E-state index contributed by atoms with van der Waals surface area (Å²) < 4.78 is 26.1. The number of hydrogen-bond acceptors (Lipinski definition) is 7. The number of fused-ring (bicyclic) bond motifs is 1. The first-order valence-corrected chi connectivity index (χ1v) is 11.3. The number of nitrogens with zero attached hydrogens (tertiary/aromatic N) is 4. The molecular weight excluding hydrogens is 424 g/mol. The van der Waals surface area contributed by atoms with Gasteiger partial charge >= 0.3 is 0 Å². The van der Waals surface area contributed by atoms with E-state index in [0.717, 1.165) is 4.57 Å². The van der Waals surface area contributed by atoms with E-state index in [1.165, 1.54) is 24.1 Å². The van der Waals surface area contributed by atoms with Gasteiger partial charge in [-0.1, -0.05) is 6.07 Å². The Balaban J connectivity index is 1.52. The summed E-state index contributed by atoms with van der Waals surface area (Å²) in [4.78, 5) is 40.6. The van der Waals surface area contributed by atoms with Gasteiger partial charge in [0.25, 0.3) is 5.56 Å². The van der Waals surface area contributed by atoms with Crippen LogP contribution in [0.3, 0.4) is 0 Å². The Morgan fingerprint density at radius 1 is 1.23 bits per heavy atom. The van der Waals surface area contributed by atoms with Crippen LogP contribution in [-0.4, -0.2) is 51.1 Å². The third-order valence-electron chi connectivity index (χ3n) is 4.91. The summed E-state index contributed by atoms with van der Waals surface area (Å²) in [6, 6.07) is 6.27. The Bertz CT molecular complexity index is 1340. The molecule has 2 aromatic heterocycles. The number of hydrogen-bond donors (Lipinski definition) is 2. The van der Waals surface area contributed by atoms with Crippen molar-refractivity contribution in [1.29, 1.82) is 0 Å². The molecular formula is C19H20N6O5S. The Morgan fingerprint density at radius 2 is 1.97 bits per heavy atom. The molecule has 1 aliphatic heterocycles. The van der Waals surface area contributed by atoms with Crippen LogP contribution < -0.4 is 16.2 Å². The van der Waals surface area contributed by atoms with Crippen LogP contribution in [0.5, 0.6) is 0 Å². The molecule has 0 spiro atoms. The monoisotopic (exact) mass is 444 g/mol. The molecule has 0 saturated carbocycles. The zero-order valence-electron chi connectivity index (χ0n) is 16.6. The topological polar surface area (TPSA) is 145 Å². The predicted molar refractivity (Wildman–Crippen MR) is 113 cm³/mol. The van der Waals surface area contributed by atoms with Crippen molar-refractivity contribution in [2.24, 2.45) is 0 Å². The zero-order chi connectivity index (χ0) is 22.2. The highest BCUT2D eigenvalue weighted by atomic mass is 32.2. The first-order chi connectivity index (χ1) is 14.7. The predicted octanol–water partition coefficient (Wildman–Crippen LogP) is 0.550. The van der Waals surface area contributed by atoms with E-state index in [1.54, 1.807) is 24.3 Å². The number of carbonyl (C=O) groups excluding carboxylic acids is 2. The van der Waals surface area contributed by atoms with Crippen LogP contribution in [0.1, 0.15) is 19.4 Å². The minimum atomic E-state index is -3.11. The fraction of sp³-hybridized carbons (Fsp3) is 0.316. The van der Waals surface area contributed by atoms with Crippen molar-refractivity contribution in [2.45, 2.75) is 25.9 Å². The average molecular weight is 444 g/mol. The van der Waals surface area contributed by atoms with Crippen molar-refractivity contribution in [2.75, 3.05) is 22.1 Å². The lowest BCUT2D eigenvalue weighted by molar-refractivity contribution is -0.117. The first-order valence-electron chi connectivity index (χ1n) is 9.52. The van der Waals surface area contributed by atoms with Gasteiger partial charge in [-0.3, -0.25) is 19.0 Å². The van der Waals surface area contributed by atoms with Crippen molar-refractivity contribution >= 4 is 44.1 Å². The maximum absolute atomic E-state index is 12.8. The number of nitrogens with one attached hydrogen (secondary N) is 2. The molecule has 1 atom stereocenters. The van der Waals surface area contributed by atoms with E-state index in [1.807, 2.05) is 0 Å². The lowest BCUT2D eigenvalue weighted by Gasteiger charge is -2.11. The molecule has 4 rings (SSSR count). The molecule has 1 aromatic carbocycles. The second-order valence-corrected chi connectivity index (χ2v) is 9.60. The van der Waals surface area contributed by atoms with Gasteiger partial charge in [0.1, 0.15) is 18.3 Å². The van der Waals surface area contributed by atoms with Crippen molar-refractivity contribution in [3.8, 4) is 0 Å². The van der Waals surface area contributed by atoms with Gasteiger partial charge < -0.3 is 10.6 Å². The summed E-state index contributed by atoms with van der Waals surface area (Å²) in [6.07, 6.45) is 3.02. The van der Waals surface area contributed by atoms with Crippen LogP contribution in [0.15, 0.2) is 41.6 Å². The summed E-state index contributed by atoms with van der Waals surface area (Å²) in [7, 11) is -3.11. The van der Waals surface area contributed by atoms with E-state index >= 15 is 0 Å². The third kappa shape index (κ3) is 4.48. The lowest BCUT2D eigenvalue weighted by Crippen LogP contribution is -2.28. The molecule has 0 aliphatic carbocycles. The number of sulfone groups is 1. The summed E-state index contributed by atoms with van der Waals surface area (Å²) >= 11 is 0. The van der Waals surface area contributed by atoms with Gasteiger partial charge in [-0.2, -0.15) is 5.10 Å². The summed E-state index contributed by atoms with van der Waals surface area (Å²) in [6.45, 7) is 1.11. The van der Waals surface area contributed by atoms with Gasteiger partial charge in [0.15, 0.2) is 15.5 Å². The number of aromatic nitrogens is 4. The fourth-order valence-electron chi connectivity index (χ4n) is 3.55. The van der Waals surface area contributed by atoms with Crippen LogP contribution in [-0.2, 0) is 26.0 Å². The van der Waals surface area contributed by atoms with E-state index in [9.17, 15) is 22.8 Å². The maximum Gasteiger partial charge on any atom is 0.264 e. The van der Waals surface area contributed by atoms with E-state index in [2.05, 4.69) is 20.7 Å². The minimum absolute atomic E-state index is 0.0332. The molecule has 3 heterocycles. The van der Waals surface area contributed by atoms with E-state index < -0.39 is 21.3 Å². The normalized spacial score (nSPS) is 17.5. The highest BCUT2D eigenvalue weighted by molar-refractivity contribution is 7.91. The van der Waals surface area contributed by atoms with Crippen LogP contribution >= 0.6 is 0 Å². The molecule has 1 aliphatic rings. The molecule has 1 fully saturated rings. The Morgan fingerprint density at radius 3 is 2.65 bits per heavy atom. The van der Waals surface area contributed by atoms with Crippen molar-refractivity contribution in [1.82, 2.24) is 19.3 Å². The van der Waals surface area contributed by atoms with Gasteiger partial charge in [-0.15, -0.1) is 0 Å². The molecule has 2 amide bonds. The van der Waals surface area contributed by atoms with Crippen molar-refractivity contribution < 1.29 is 18.0 Å². The molecule has 1 saturated heterocycles. The second kappa shape index (κ2) is 7.95. The van der Waals surface area contributed by atoms with Crippen LogP contribution in [0.25, 0.3) is 11.0 Å². The quantitative estimate of drug-likeness (QED) is 0.584. The molecule has 162 valence electrons. The number of rotatable bonds is 5. The Labute approximate surface area is 177 Å². The summed E-state index contributed by atoms with van der Waals surface area (Å²) in [5.41, 5.74) is 0.853. The molecule has 2 N–H and O–H groups in total. The van der Waals surface area contributed by atoms with Gasteiger partial charge in [0, 0.05) is 18.3 Å². The van der Waals surface area contributed by atoms with E-state index in [0.29, 0.717) is 23.4 Å². The molecule has 12 heteroatoms. The van der Waals surface area contributed by atoms with Gasteiger partial charge in [-0.25, -0.2) is 18.1 Å². The van der Waals surface area contributed by atoms with Crippen LogP contribution in [0, 0.1) is 0 Å². The van der Waals surface area contributed by atoms with Gasteiger partial charge in [0.05, 0.1) is 23.7 Å². The Kier molecular flexibility index (Phi) is 5.31. The standard InChI is InChI=1S/C19H20N6O5S/c1-12(26)22-13-3-2-4-14(7-13)23-17(27)9-24-11-20-18-16(19(24)28)8-21-25(18)15-5-6-31(29,30)10-15/h2-4,7-8,11,15H,5-6,9-10H2,1H3,(H,22,26)(H,23,27)/t15-/m0/s1. The largest absolute Gasteiger partial charge is 0.326 e. The summed E-state index contributed by atoms with van der Waals surface area (Å²) in [5.74, 6) is -0.629. The SMILES string of the molecule is CC(=O)Nc1cccc(NC(=O)Cn2cnc3c(cnn3[C@H]3CCS(=O)(=O)C3)c2=O)c1. The second-order valence-electron chi connectivity index (χ2n) is 7.37. The van der Waals surface area contributed by atoms with Crippen LogP contribution in [0.4, 0.5) is 11.4 Å². The smallest absolute Gasteiger partial charge is 0.264 e. The van der Waals surface area contributed by atoms with Crippen molar-refractivity contribution in [3.63, 3.8) is 0 Å². The van der Waals surface area contributed by atoms with Gasteiger partial charge in [0.2, 0.25) is 11.8 Å². The number of benzene rings is 1. The molecule has 11 nitrogen and oxygen atoms in total. The fourth-order valence-corrected chi connectivity index (χ4v) is 5.24. The maximum atomic E-state index is 12.8. The molecule has 0 unspecified atom stereocenters. The summed E-state index contributed by atoms with van der Waals surface area (Å²) in [5, 5.41) is 9.68. The zero-order valence-corrected chi connectivity index (χ0v) is 17.4. The van der Waals surface area contributed by atoms with Crippen LogP contribution in [0.2, 0.25) is 0 Å². The minimum Gasteiger partial charge on any atom is -0.326 e. The van der Waals surface area contributed by atoms with Gasteiger partial charge in [-0.05, 0) is 24.6 Å². The van der Waals surface area contributed by atoms with E-state index in [4.69, 9.17) is 0 Å². The first kappa shape index (κ1) is 20.7. The number of amides is 2. The van der Waals surface area contributed by atoms with Crippen molar-refractivity contribution in [3.05, 3.63) is 47.1 Å². The van der Waals surface area contributed by atoms with E-state index in [-0.39, 0.29) is 35.4 Å². The molecule has 31 heavy (non-hydrogen) atoms. The highest BCUT2D eigenvalue weighted by Crippen LogP contribution is 2.25. The number of anilines is 2. The lowest BCUT2D eigenvalue weighted by atomic mass is 10.2.